The first-order valence-electron chi connectivity index (χ1n) is 7.79. The Labute approximate surface area is 150 Å². The Morgan fingerprint density at radius 1 is 1.12 bits per heavy atom. The number of rotatable bonds is 2. The first-order chi connectivity index (χ1) is 11.7. The predicted molar refractivity (Wildman–Crippen MR) is 99.1 cm³/mol. The van der Waals surface area contributed by atoms with Gasteiger partial charge in [-0.1, -0.05) is 50.6 Å². The minimum atomic E-state index is -0.543. The van der Waals surface area contributed by atoms with Gasteiger partial charge in [0.05, 0.1) is 15.5 Å². The lowest BCUT2D eigenvalue weighted by atomic mass is 9.95. The molecular weight excluding hydrogens is 340 g/mol. The summed E-state index contributed by atoms with van der Waals surface area (Å²) in [6.45, 7) is 5.59. The Balaban J connectivity index is 2.25. The molecule has 128 valence electrons. The highest BCUT2D eigenvalue weighted by Crippen LogP contribution is 2.37. The van der Waals surface area contributed by atoms with Gasteiger partial charge in [-0.2, -0.15) is 0 Å². The third-order valence-corrected chi connectivity index (χ3v) is 4.34. The zero-order valence-electron chi connectivity index (χ0n) is 14.1. The number of halogens is 1. The van der Waals surface area contributed by atoms with Crippen LogP contribution < -0.4 is 0 Å². The van der Waals surface area contributed by atoms with E-state index in [1.165, 1.54) is 12.1 Å². The molecule has 25 heavy (non-hydrogen) atoms. The number of hydrogen-bond donors (Lipinski definition) is 0. The third-order valence-electron chi connectivity index (χ3n) is 4.03. The average Bonchev–Trinajstić information content (AvgIpc) is 2.92. The zero-order chi connectivity index (χ0) is 18.4. The minimum Gasteiger partial charge on any atom is -0.286 e. The smallest absolute Gasteiger partial charge is 0.270 e. The molecule has 0 radical (unpaired) electrons. The molecule has 0 spiro atoms. The quantitative estimate of drug-likeness (QED) is 0.446. The highest BCUT2D eigenvalue weighted by molar-refractivity contribution is 6.34. The third kappa shape index (κ3) is 3.03. The number of carbonyl (C=O) groups is 1. The second kappa shape index (κ2) is 6.01. The van der Waals surface area contributed by atoms with Gasteiger partial charge in [-0.15, -0.1) is 0 Å². The van der Waals surface area contributed by atoms with E-state index >= 15 is 0 Å². The SMILES string of the molecule is CC(C)(C)C(=O)n1cc(-c2ccc([N+](=O)[O-])cc2Cl)c2ccccc21. The zero-order valence-corrected chi connectivity index (χ0v) is 14.9. The molecule has 0 saturated carbocycles. The van der Waals surface area contributed by atoms with E-state index in [1.54, 1.807) is 16.8 Å². The molecule has 0 aliphatic heterocycles. The monoisotopic (exact) mass is 356 g/mol. The van der Waals surface area contributed by atoms with Gasteiger partial charge < -0.3 is 0 Å². The lowest BCUT2D eigenvalue weighted by molar-refractivity contribution is -0.384. The number of nitrogens with zero attached hydrogens (tertiary/aromatic N) is 2. The van der Waals surface area contributed by atoms with E-state index < -0.39 is 10.3 Å². The topological polar surface area (TPSA) is 65.1 Å². The number of benzene rings is 2. The fraction of sp³-hybridized carbons (Fsp3) is 0.211. The molecule has 3 aromatic rings. The Hall–Kier alpha value is -2.66. The summed E-state index contributed by atoms with van der Waals surface area (Å²) in [5, 5.41) is 12.1. The van der Waals surface area contributed by atoms with E-state index in [1.807, 2.05) is 45.0 Å². The molecule has 0 saturated heterocycles. The van der Waals surface area contributed by atoms with Crippen molar-refractivity contribution in [2.75, 3.05) is 0 Å². The number of nitro groups is 1. The van der Waals surface area contributed by atoms with Crippen molar-refractivity contribution in [3.8, 4) is 11.1 Å². The van der Waals surface area contributed by atoms with Gasteiger partial charge >= 0.3 is 0 Å². The van der Waals surface area contributed by atoms with Gasteiger partial charge in [-0.25, -0.2) is 0 Å². The van der Waals surface area contributed by atoms with Crippen LogP contribution >= 0.6 is 11.6 Å². The predicted octanol–water partition coefficient (Wildman–Crippen LogP) is 5.56. The fourth-order valence-electron chi connectivity index (χ4n) is 2.76. The standard InChI is InChI=1S/C19H17ClN2O3/c1-19(2,3)18(23)21-11-15(14-6-4-5-7-17(14)21)13-9-8-12(22(24)25)10-16(13)20/h4-11H,1-3H3. The number of nitro benzene ring substituents is 1. The molecule has 0 bridgehead atoms. The van der Waals surface area contributed by atoms with Crippen LogP contribution in [0.25, 0.3) is 22.0 Å². The molecule has 1 aromatic heterocycles. The highest BCUT2D eigenvalue weighted by atomic mass is 35.5. The second-order valence-corrected chi connectivity index (χ2v) is 7.31. The number of carbonyl (C=O) groups excluding carboxylic acids is 1. The van der Waals surface area contributed by atoms with Crippen LogP contribution in [0.4, 0.5) is 5.69 Å². The van der Waals surface area contributed by atoms with E-state index in [-0.39, 0.29) is 16.6 Å². The van der Waals surface area contributed by atoms with E-state index in [4.69, 9.17) is 11.6 Å². The maximum absolute atomic E-state index is 12.8. The van der Waals surface area contributed by atoms with Crippen LogP contribution in [0.5, 0.6) is 0 Å². The van der Waals surface area contributed by atoms with Crippen molar-refractivity contribution in [3.05, 3.63) is 63.8 Å². The highest BCUT2D eigenvalue weighted by Gasteiger charge is 2.26. The maximum atomic E-state index is 12.8. The van der Waals surface area contributed by atoms with Crippen LogP contribution in [0.1, 0.15) is 25.6 Å². The molecule has 6 heteroatoms. The first-order valence-corrected chi connectivity index (χ1v) is 8.17. The van der Waals surface area contributed by atoms with Crippen molar-refractivity contribution in [1.29, 1.82) is 0 Å². The minimum absolute atomic E-state index is 0.0343. The largest absolute Gasteiger partial charge is 0.286 e. The van der Waals surface area contributed by atoms with Crippen molar-refractivity contribution >= 4 is 34.1 Å². The molecule has 0 aliphatic carbocycles. The summed E-state index contributed by atoms with van der Waals surface area (Å²) in [5.74, 6) is -0.0343. The van der Waals surface area contributed by atoms with E-state index in [0.717, 1.165) is 16.5 Å². The van der Waals surface area contributed by atoms with Gasteiger partial charge in [-0.05, 0) is 12.1 Å². The lowest BCUT2D eigenvalue weighted by Gasteiger charge is -2.17. The Morgan fingerprint density at radius 3 is 2.40 bits per heavy atom. The Kier molecular flexibility index (Phi) is 4.13. The van der Waals surface area contributed by atoms with Crippen LogP contribution in [0.3, 0.4) is 0 Å². The molecule has 1 heterocycles. The van der Waals surface area contributed by atoms with Gasteiger partial charge in [-0.3, -0.25) is 19.5 Å². The van der Waals surface area contributed by atoms with E-state index in [0.29, 0.717) is 5.56 Å². The summed E-state index contributed by atoms with van der Waals surface area (Å²) in [7, 11) is 0. The van der Waals surface area contributed by atoms with Crippen molar-refractivity contribution in [2.45, 2.75) is 20.8 Å². The summed E-state index contributed by atoms with van der Waals surface area (Å²) in [4.78, 5) is 23.2. The second-order valence-electron chi connectivity index (χ2n) is 6.91. The van der Waals surface area contributed by atoms with Gasteiger partial charge in [0.15, 0.2) is 0 Å². The van der Waals surface area contributed by atoms with E-state index in [2.05, 4.69) is 0 Å². The summed E-state index contributed by atoms with van der Waals surface area (Å²) >= 11 is 6.29. The normalized spacial score (nSPS) is 11.7. The first kappa shape index (κ1) is 17.2. The Morgan fingerprint density at radius 2 is 1.80 bits per heavy atom. The van der Waals surface area contributed by atoms with Crippen molar-refractivity contribution in [3.63, 3.8) is 0 Å². The molecule has 0 atom stereocenters. The number of fused-ring (bicyclic) bond motifs is 1. The molecule has 0 fully saturated rings. The van der Waals surface area contributed by atoms with Crippen LogP contribution in [0.15, 0.2) is 48.7 Å². The van der Waals surface area contributed by atoms with Gasteiger partial charge in [0.1, 0.15) is 0 Å². The van der Waals surface area contributed by atoms with Gasteiger partial charge in [0.25, 0.3) is 5.69 Å². The lowest BCUT2D eigenvalue weighted by Crippen LogP contribution is -2.25. The number of non-ortho nitro benzene ring substituents is 1. The molecule has 5 nitrogen and oxygen atoms in total. The summed E-state index contributed by atoms with van der Waals surface area (Å²) < 4.78 is 1.63. The molecule has 3 rings (SSSR count). The summed E-state index contributed by atoms with van der Waals surface area (Å²) in [6.07, 6.45) is 1.76. The average molecular weight is 357 g/mol. The molecule has 2 aromatic carbocycles. The molecule has 0 amide bonds. The molecule has 0 unspecified atom stereocenters. The fourth-order valence-corrected chi connectivity index (χ4v) is 3.04. The van der Waals surface area contributed by atoms with Crippen LogP contribution in [-0.4, -0.2) is 15.4 Å². The number of hydrogen-bond acceptors (Lipinski definition) is 3. The molecule has 0 aliphatic rings. The number of aromatic nitrogens is 1. The van der Waals surface area contributed by atoms with Crippen LogP contribution in [0.2, 0.25) is 5.02 Å². The molecule has 0 N–H and O–H groups in total. The maximum Gasteiger partial charge on any atom is 0.270 e. The van der Waals surface area contributed by atoms with Crippen molar-refractivity contribution in [1.82, 2.24) is 4.57 Å². The van der Waals surface area contributed by atoms with Crippen LogP contribution in [0, 0.1) is 15.5 Å². The van der Waals surface area contributed by atoms with E-state index in [9.17, 15) is 14.9 Å². The van der Waals surface area contributed by atoms with Crippen LogP contribution in [-0.2, 0) is 0 Å². The number of para-hydroxylation sites is 1. The van der Waals surface area contributed by atoms with Gasteiger partial charge in [0, 0.05) is 40.3 Å². The molecular formula is C19H17ClN2O3. The summed E-state index contributed by atoms with van der Waals surface area (Å²) in [6, 6.07) is 11.9. The van der Waals surface area contributed by atoms with Crippen molar-refractivity contribution in [2.24, 2.45) is 5.41 Å². The summed E-state index contributed by atoms with van der Waals surface area (Å²) in [5.41, 5.74) is 1.60. The Bertz CT molecular complexity index is 1000. The van der Waals surface area contributed by atoms with Gasteiger partial charge in [0.2, 0.25) is 5.91 Å². The van der Waals surface area contributed by atoms with Crippen molar-refractivity contribution < 1.29 is 9.72 Å².